The summed E-state index contributed by atoms with van der Waals surface area (Å²) in [5, 5.41) is 12.6. The zero-order chi connectivity index (χ0) is 16.2. The number of aryl methyl sites for hydroxylation is 2. The van der Waals surface area contributed by atoms with Crippen LogP contribution >= 0.6 is 0 Å². The predicted octanol–water partition coefficient (Wildman–Crippen LogP) is 2.20. The van der Waals surface area contributed by atoms with Gasteiger partial charge in [0.15, 0.2) is 0 Å². The monoisotopic (exact) mass is 316 g/mol. The smallest absolute Gasteiger partial charge is 0.234 e. The van der Waals surface area contributed by atoms with Gasteiger partial charge in [0.05, 0.1) is 18.7 Å². The summed E-state index contributed by atoms with van der Waals surface area (Å²) in [4.78, 5) is 14.4. The van der Waals surface area contributed by atoms with E-state index in [2.05, 4.69) is 35.3 Å². The van der Waals surface area contributed by atoms with E-state index in [0.29, 0.717) is 6.54 Å². The lowest BCUT2D eigenvalue weighted by Gasteiger charge is -2.29. The van der Waals surface area contributed by atoms with Crippen LogP contribution in [0, 0.1) is 0 Å². The van der Waals surface area contributed by atoms with Crippen LogP contribution in [0.5, 0.6) is 0 Å². The first kappa shape index (κ1) is 16.5. The number of amides is 1. The zero-order valence-electron chi connectivity index (χ0n) is 14.1. The van der Waals surface area contributed by atoms with E-state index in [9.17, 15) is 9.90 Å². The minimum atomic E-state index is -0.191. The second-order valence-corrected chi connectivity index (χ2v) is 7.03. The first-order valence-electron chi connectivity index (χ1n) is 8.93. The van der Waals surface area contributed by atoms with Crippen LogP contribution in [-0.2, 0) is 17.6 Å². The van der Waals surface area contributed by atoms with Crippen molar-refractivity contribution in [2.75, 3.05) is 19.6 Å². The van der Waals surface area contributed by atoms with Gasteiger partial charge in [0.25, 0.3) is 0 Å². The number of hydrogen-bond donors (Lipinski definition) is 2. The molecular weight excluding hydrogens is 288 g/mol. The lowest BCUT2D eigenvalue weighted by atomic mass is 9.89. The van der Waals surface area contributed by atoms with Crippen LogP contribution in [0.4, 0.5) is 0 Å². The first-order chi connectivity index (χ1) is 11.1. The number of aliphatic hydroxyl groups is 1. The number of carbonyl (C=O) groups excluding carboxylic acids is 1. The molecule has 4 nitrogen and oxygen atoms in total. The van der Waals surface area contributed by atoms with Crippen LogP contribution in [-0.4, -0.2) is 41.7 Å². The van der Waals surface area contributed by atoms with Gasteiger partial charge < -0.3 is 10.4 Å². The molecule has 0 spiro atoms. The third kappa shape index (κ3) is 4.33. The fourth-order valence-electron chi connectivity index (χ4n) is 3.67. The van der Waals surface area contributed by atoms with Crippen molar-refractivity contribution in [1.29, 1.82) is 0 Å². The maximum atomic E-state index is 12.3. The fraction of sp³-hybridized carbons (Fsp3) is 0.632. The summed E-state index contributed by atoms with van der Waals surface area (Å²) in [5.74, 6) is 0.0756. The Kier molecular flexibility index (Phi) is 5.34. The van der Waals surface area contributed by atoms with Crippen LogP contribution < -0.4 is 5.32 Å². The fourth-order valence-corrected chi connectivity index (χ4v) is 3.67. The van der Waals surface area contributed by atoms with Gasteiger partial charge >= 0.3 is 0 Å². The SMILES string of the molecule is C[C@H](NC(=O)CN1CCC(O)CC1)c1ccc2c(c1)CCCC2. The molecule has 1 fully saturated rings. The van der Waals surface area contributed by atoms with Crippen molar-refractivity contribution < 1.29 is 9.90 Å². The molecule has 4 heteroatoms. The van der Waals surface area contributed by atoms with Gasteiger partial charge in [0.1, 0.15) is 0 Å². The Morgan fingerprint density at radius 1 is 1.26 bits per heavy atom. The van der Waals surface area contributed by atoms with Crippen molar-refractivity contribution in [3.05, 3.63) is 34.9 Å². The molecule has 0 unspecified atom stereocenters. The van der Waals surface area contributed by atoms with Gasteiger partial charge in [-0.15, -0.1) is 0 Å². The van der Waals surface area contributed by atoms with Crippen molar-refractivity contribution in [2.45, 2.75) is 57.6 Å². The van der Waals surface area contributed by atoms with E-state index >= 15 is 0 Å². The van der Waals surface area contributed by atoms with Crippen molar-refractivity contribution in [3.8, 4) is 0 Å². The number of likely N-dealkylation sites (tertiary alicyclic amines) is 1. The summed E-state index contributed by atoms with van der Waals surface area (Å²) in [6, 6.07) is 6.71. The van der Waals surface area contributed by atoms with Gasteiger partial charge in [-0.2, -0.15) is 0 Å². The van der Waals surface area contributed by atoms with E-state index in [1.165, 1.54) is 42.4 Å². The van der Waals surface area contributed by atoms with Crippen molar-refractivity contribution in [3.63, 3.8) is 0 Å². The summed E-state index contributed by atoms with van der Waals surface area (Å²) < 4.78 is 0. The Bertz CT molecular complexity index is 550. The Morgan fingerprint density at radius 3 is 2.70 bits per heavy atom. The largest absolute Gasteiger partial charge is 0.393 e. The molecule has 0 aromatic heterocycles. The summed E-state index contributed by atoms with van der Waals surface area (Å²) in [7, 11) is 0. The molecule has 1 aliphatic heterocycles. The molecule has 23 heavy (non-hydrogen) atoms. The normalized spacial score (nSPS) is 20.8. The van der Waals surface area contributed by atoms with Gasteiger partial charge in [-0.3, -0.25) is 9.69 Å². The number of hydrogen-bond acceptors (Lipinski definition) is 3. The third-order valence-corrected chi connectivity index (χ3v) is 5.17. The number of carbonyl (C=O) groups is 1. The lowest BCUT2D eigenvalue weighted by Crippen LogP contribution is -2.43. The van der Waals surface area contributed by atoms with E-state index in [1.54, 1.807) is 0 Å². The standard InChI is InChI=1S/C19H28N2O2/c1-14(16-7-6-15-4-2-3-5-17(15)12-16)20-19(23)13-21-10-8-18(22)9-11-21/h6-7,12,14,18,22H,2-5,8-11,13H2,1H3,(H,20,23)/t14-/m0/s1. The van der Waals surface area contributed by atoms with E-state index in [1.807, 2.05) is 0 Å². The molecule has 1 saturated heterocycles. The molecule has 126 valence electrons. The lowest BCUT2D eigenvalue weighted by molar-refractivity contribution is -0.123. The Hall–Kier alpha value is -1.39. The highest BCUT2D eigenvalue weighted by molar-refractivity contribution is 5.78. The molecule has 1 heterocycles. The zero-order valence-corrected chi connectivity index (χ0v) is 14.1. The Balaban J connectivity index is 1.54. The van der Waals surface area contributed by atoms with Crippen LogP contribution in [0.3, 0.4) is 0 Å². The highest BCUT2D eigenvalue weighted by atomic mass is 16.3. The van der Waals surface area contributed by atoms with Gasteiger partial charge in [-0.05, 0) is 62.1 Å². The van der Waals surface area contributed by atoms with Crippen molar-refractivity contribution in [2.24, 2.45) is 0 Å². The number of benzene rings is 1. The van der Waals surface area contributed by atoms with Crippen LogP contribution in [0.1, 0.15) is 55.3 Å². The Morgan fingerprint density at radius 2 is 1.96 bits per heavy atom. The third-order valence-electron chi connectivity index (χ3n) is 5.17. The highest BCUT2D eigenvalue weighted by Gasteiger charge is 2.20. The average molecular weight is 316 g/mol. The number of nitrogens with one attached hydrogen (secondary N) is 1. The molecule has 1 aromatic carbocycles. The molecule has 2 N–H and O–H groups in total. The minimum Gasteiger partial charge on any atom is -0.393 e. The quantitative estimate of drug-likeness (QED) is 0.895. The number of rotatable bonds is 4. The molecule has 1 aliphatic carbocycles. The first-order valence-corrected chi connectivity index (χ1v) is 8.93. The maximum absolute atomic E-state index is 12.3. The number of fused-ring (bicyclic) bond motifs is 1. The van der Waals surface area contributed by atoms with Crippen LogP contribution in [0.25, 0.3) is 0 Å². The molecule has 1 aromatic rings. The molecule has 1 atom stereocenters. The second kappa shape index (κ2) is 7.45. The van der Waals surface area contributed by atoms with E-state index in [0.717, 1.165) is 25.9 Å². The van der Waals surface area contributed by atoms with Gasteiger partial charge in [0.2, 0.25) is 5.91 Å². The van der Waals surface area contributed by atoms with E-state index < -0.39 is 0 Å². The van der Waals surface area contributed by atoms with Gasteiger partial charge in [-0.25, -0.2) is 0 Å². The maximum Gasteiger partial charge on any atom is 0.234 e. The number of aliphatic hydroxyl groups excluding tert-OH is 1. The summed E-state index contributed by atoms with van der Waals surface area (Å²) in [6.45, 7) is 4.11. The second-order valence-electron chi connectivity index (χ2n) is 7.03. The topological polar surface area (TPSA) is 52.6 Å². The van der Waals surface area contributed by atoms with Gasteiger partial charge in [0, 0.05) is 13.1 Å². The summed E-state index contributed by atoms with van der Waals surface area (Å²) in [5.41, 5.74) is 4.14. The number of nitrogens with zero attached hydrogens (tertiary/aromatic N) is 1. The van der Waals surface area contributed by atoms with E-state index in [-0.39, 0.29) is 18.1 Å². The molecule has 0 saturated carbocycles. The molecule has 3 rings (SSSR count). The highest BCUT2D eigenvalue weighted by Crippen LogP contribution is 2.24. The molecule has 0 bridgehead atoms. The molecule has 0 radical (unpaired) electrons. The minimum absolute atomic E-state index is 0.0464. The summed E-state index contributed by atoms with van der Waals surface area (Å²) >= 11 is 0. The average Bonchev–Trinajstić information content (AvgIpc) is 2.56. The summed E-state index contributed by atoms with van der Waals surface area (Å²) in [6.07, 6.45) is 6.28. The molecule has 2 aliphatic rings. The predicted molar refractivity (Wildman–Crippen MR) is 91.3 cm³/mol. The van der Waals surface area contributed by atoms with Crippen molar-refractivity contribution >= 4 is 5.91 Å². The van der Waals surface area contributed by atoms with Crippen LogP contribution in [0.15, 0.2) is 18.2 Å². The van der Waals surface area contributed by atoms with E-state index in [4.69, 9.17) is 0 Å². The molecule has 1 amide bonds. The Labute approximate surface area is 138 Å². The molecular formula is C19H28N2O2. The van der Waals surface area contributed by atoms with Crippen LogP contribution in [0.2, 0.25) is 0 Å². The van der Waals surface area contributed by atoms with Gasteiger partial charge in [-0.1, -0.05) is 18.2 Å². The van der Waals surface area contributed by atoms with Crippen molar-refractivity contribution in [1.82, 2.24) is 10.2 Å². The number of piperidine rings is 1.